The highest BCUT2D eigenvalue weighted by molar-refractivity contribution is 9.10. The molecule has 39 heavy (non-hydrogen) atoms. The van der Waals surface area contributed by atoms with Crippen molar-refractivity contribution >= 4 is 49.2 Å². The number of nitrogens with zero attached hydrogens (tertiary/aromatic N) is 4. The van der Waals surface area contributed by atoms with Gasteiger partial charge in [-0.05, 0) is 54.4 Å². The second kappa shape index (κ2) is 10.1. The van der Waals surface area contributed by atoms with Crippen molar-refractivity contribution < 1.29 is 14.3 Å². The summed E-state index contributed by atoms with van der Waals surface area (Å²) in [5, 5.41) is 5.31. The highest BCUT2D eigenvalue weighted by Crippen LogP contribution is 2.64. The van der Waals surface area contributed by atoms with Gasteiger partial charge in [0.1, 0.15) is 11.2 Å². The van der Waals surface area contributed by atoms with Crippen LogP contribution in [0.25, 0.3) is 5.43 Å². The van der Waals surface area contributed by atoms with Gasteiger partial charge in [-0.2, -0.15) is 10.5 Å². The van der Waals surface area contributed by atoms with E-state index in [0.29, 0.717) is 5.57 Å². The number of carbonyl (C=O) groups is 1. The van der Waals surface area contributed by atoms with E-state index in [-0.39, 0.29) is 6.61 Å². The lowest BCUT2D eigenvalue weighted by atomic mass is 9.72. The number of fused-ring (bicyclic) bond motifs is 1. The van der Waals surface area contributed by atoms with Crippen LogP contribution in [0.1, 0.15) is 18.1 Å². The van der Waals surface area contributed by atoms with E-state index in [2.05, 4.69) is 36.8 Å². The third-order valence-corrected chi connectivity index (χ3v) is 8.07. The number of azo groups is 1. The zero-order chi connectivity index (χ0) is 27.0. The van der Waals surface area contributed by atoms with Crippen LogP contribution in [0.15, 0.2) is 135 Å². The van der Waals surface area contributed by atoms with Crippen molar-refractivity contribution in [2.24, 2.45) is 5.11 Å². The molecule has 2 aliphatic rings. The summed E-state index contributed by atoms with van der Waals surface area (Å²) in [7, 11) is 0. The minimum absolute atomic E-state index is 0.241. The fourth-order valence-corrected chi connectivity index (χ4v) is 5.88. The van der Waals surface area contributed by atoms with E-state index in [0.717, 1.165) is 31.4 Å². The van der Waals surface area contributed by atoms with E-state index >= 15 is 0 Å². The van der Waals surface area contributed by atoms with Gasteiger partial charge >= 0.3 is 5.97 Å². The van der Waals surface area contributed by atoms with Gasteiger partial charge in [0.05, 0.1) is 12.2 Å². The fraction of sp³-hybridized carbons (Fsp3) is 0.129. The number of halogens is 2. The second-order valence-electron chi connectivity index (χ2n) is 9.19. The predicted molar refractivity (Wildman–Crippen MR) is 157 cm³/mol. The summed E-state index contributed by atoms with van der Waals surface area (Å²) in [6, 6.07) is 35.7. The zero-order valence-electron chi connectivity index (χ0n) is 21.0. The molecule has 0 saturated heterocycles. The highest BCUT2D eigenvalue weighted by Gasteiger charge is 2.67. The predicted octanol–water partition coefficient (Wildman–Crippen LogP) is 8.33. The van der Waals surface area contributed by atoms with Crippen LogP contribution in [0.4, 0.5) is 11.4 Å². The number of ether oxygens (including phenoxy) is 1. The number of esters is 1. The molecule has 2 heterocycles. The Bertz CT molecular complexity index is 1570. The topological polar surface area (TPSA) is 59.0 Å². The maximum atomic E-state index is 13.8. The van der Waals surface area contributed by atoms with E-state index in [9.17, 15) is 4.79 Å². The number of rotatable bonds is 6. The number of benzene rings is 4. The van der Waals surface area contributed by atoms with Crippen LogP contribution < -0.4 is 4.90 Å². The molecular formula is C31H24Br2N4O2. The smallest absolute Gasteiger partial charge is 0.336 e. The van der Waals surface area contributed by atoms with Crippen molar-refractivity contribution in [2.45, 2.75) is 18.1 Å². The maximum absolute atomic E-state index is 13.8. The second-order valence-corrected chi connectivity index (χ2v) is 11.0. The zero-order valence-corrected chi connectivity index (χ0v) is 24.2. The van der Waals surface area contributed by atoms with Crippen LogP contribution in [0.3, 0.4) is 0 Å². The van der Waals surface area contributed by atoms with Gasteiger partial charge in [0.25, 0.3) is 0 Å². The molecule has 4 aromatic carbocycles. The molecule has 2 atom stereocenters. The molecular weight excluding hydrogens is 620 g/mol. The van der Waals surface area contributed by atoms with Crippen LogP contribution in [0.2, 0.25) is 0 Å². The summed E-state index contributed by atoms with van der Waals surface area (Å²) in [5.74, 6) is -0.433. The minimum Gasteiger partial charge on any atom is -0.463 e. The molecule has 0 radical (unpaired) electrons. The monoisotopic (exact) mass is 642 g/mol. The first-order valence-corrected chi connectivity index (χ1v) is 14.1. The van der Waals surface area contributed by atoms with Gasteiger partial charge in [0.2, 0.25) is 5.69 Å². The number of hydrogen-bond acceptors (Lipinski definition) is 4. The third-order valence-electron chi connectivity index (χ3n) is 7.01. The van der Waals surface area contributed by atoms with Gasteiger partial charge < -0.3 is 9.64 Å². The van der Waals surface area contributed by atoms with Crippen molar-refractivity contribution in [3.8, 4) is 0 Å². The lowest BCUT2D eigenvalue weighted by molar-refractivity contribution is -0.457. The summed E-state index contributed by atoms with van der Waals surface area (Å²) in [5.41, 5.74) is 6.72. The number of carbonyl (C=O) groups excluding carboxylic acids is 1. The Morgan fingerprint density at radius 3 is 2.00 bits per heavy atom. The first-order valence-electron chi connectivity index (χ1n) is 12.6. The Morgan fingerprint density at radius 2 is 1.41 bits per heavy atom. The standard InChI is InChI=1S/C31H24Br2N4O2/c1-2-39-29(38)28-21-36(26-17-13-24(32)14-18-26)31(23-11-7-4-8-12-23)30(28,22-9-5-3-6-10-22)34-37(35-31)27-19-15-25(33)16-20-27/h3-21H,2H2,1H3/t30-,31+/m0/s1. The molecule has 0 amide bonds. The Balaban J connectivity index is 1.71. The summed E-state index contributed by atoms with van der Waals surface area (Å²) in [6.07, 6.45) is 1.85. The molecule has 0 spiro atoms. The van der Waals surface area contributed by atoms with E-state index in [1.54, 1.807) is 4.81 Å². The van der Waals surface area contributed by atoms with Crippen LogP contribution in [0.5, 0.6) is 0 Å². The number of anilines is 1. The molecule has 0 unspecified atom stereocenters. The average Bonchev–Trinajstić information content (AvgIpc) is 3.47. The van der Waals surface area contributed by atoms with Crippen LogP contribution in [0, 0.1) is 0 Å². The summed E-state index contributed by atoms with van der Waals surface area (Å²) in [6.45, 7) is 2.05. The van der Waals surface area contributed by atoms with Crippen molar-refractivity contribution in [3.63, 3.8) is 0 Å². The van der Waals surface area contributed by atoms with Crippen molar-refractivity contribution in [2.75, 3.05) is 11.5 Å². The Hall–Kier alpha value is -3.75. The average molecular weight is 644 g/mol. The van der Waals surface area contributed by atoms with Crippen LogP contribution in [-0.2, 0) is 20.7 Å². The summed E-state index contributed by atoms with van der Waals surface area (Å²) >= 11 is 7.08. The molecule has 0 saturated carbocycles. The molecule has 4 aromatic rings. The molecule has 6 rings (SSSR count). The SMILES string of the molecule is CCOC(=O)C1=CN(c2ccc(Br)cc2)[C@@]2(c3ccccc3)[N-][N+](c3ccc(Br)cc3)=N[C@@]12c1ccccc1. The largest absolute Gasteiger partial charge is 0.463 e. The Morgan fingerprint density at radius 1 is 0.846 bits per heavy atom. The van der Waals surface area contributed by atoms with Gasteiger partial charge in [-0.25, -0.2) is 4.79 Å². The van der Waals surface area contributed by atoms with Gasteiger partial charge in [-0.1, -0.05) is 92.5 Å². The quantitative estimate of drug-likeness (QED) is 0.157. The van der Waals surface area contributed by atoms with Gasteiger partial charge in [-0.15, -0.1) is 4.81 Å². The molecule has 0 fully saturated rings. The first-order chi connectivity index (χ1) is 19.0. The number of hydrogen-bond donors (Lipinski definition) is 0. The van der Waals surface area contributed by atoms with E-state index in [1.807, 2.05) is 122 Å². The molecule has 0 aliphatic carbocycles. The normalized spacial score (nSPS) is 21.6. The lowest BCUT2D eigenvalue weighted by Crippen LogP contribution is -2.52. The Kier molecular flexibility index (Phi) is 6.61. The molecule has 8 heteroatoms. The molecule has 194 valence electrons. The van der Waals surface area contributed by atoms with E-state index < -0.39 is 17.2 Å². The van der Waals surface area contributed by atoms with Crippen molar-refractivity contribution in [1.82, 2.24) is 0 Å². The summed E-state index contributed by atoms with van der Waals surface area (Å²) in [4.78, 5) is 17.5. The van der Waals surface area contributed by atoms with E-state index in [1.165, 1.54) is 0 Å². The third kappa shape index (κ3) is 4.01. The van der Waals surface area contributed by atoms with Gasteiger partial charge in [0.15, 0.2) is 0 Å². The fourth-order valence-electron chi connectivity index (χ4n) is 5.36. The molecule has 6 nitrogen and oxygen atoms in total. The minimum atomic E-state index is -1.25. The first kappa shape index (κ1) is 25.5. The van der Waals surface area contributed by atoms with E-state index in [4.69, 9.17) is 15.3 Å². The Labute approximate surface area is 243 Å². The van der Waals surface area contributed by atoms with Gasteiger partial charge in [-0.3, -0.25) is 0 Å². The van der Waals surface area contributed by atoms with Crippen molar-refractivity contribution in [3.05, 3.63) is 146 Å². The van der Waals surface area contributed by atoms with Crippen LogP contribution in [-0.4, -0.2) is 17.4 Å². The van der Waals surface area contributed by atoms with Gasteiger partial charge in [0, 0.05) is 33.0 Å². The maximum Gasteiger partial charge on any atom is 0.336 e. The highest BCUT2D eigenvalue weighted by atomic mass is 79.9. The molecule has 0 aromatic heterocycles. The molecule has 0 N–H and O–H groups in total. The summed E-state index contributed by atoms with van der Waals surface area (Å²) < 4.78 is 7.55. The van der Waals surface area contributed by atoms with Crippen LogP contribution >= 0.6 is 31.9 Å². The lowest BCUT2D eigenvalue weighted by Gasteiger charge is -2.47. The molecule has 2 aliphatic heterocycles. The molecule has 0 bridgehead atoms. The van der Waals surface area contributed by atoms with Crippen molar-refractivity contribution in [1.29, 1.82) is 0 Å².